The molecular weight excluding hydrogens is 196 g/mol. The summed E-state index contributed by atoms with van der Waals surface area (Å²) in [6, 6.07) is 9.20. The van der Waals surface area contributed by atoms with Crippen LogP contribution < -0.4 is 11.1 Å². The van der Waals surface area contributed by atoms with E-state index >= 15 is 0 Å². The van der Waals surface area contributed by atoms with Crippen LogP contribution in [0.4, 0.5) is 5.69 Å². The van der Waals surface area contributed by atoms with Crippen molar-refractivity contribution in [1.82, 2.24) is 0 Å². The van der Waals surface area contributed by atoms with E-state index in [1.807, 2.05) is 30.3 Å². The molecule has 0 heterocycles. The summed E-state index contributed by atoms with van der Waals surface area (Å²) in [6.07, 6.45) is 0. The van der Waals surface area contributed by atoms with Crippen LogP contribution in [-0.4, -0.2) is 25.0 Å². The minimum Gasteiger partial charge on any atom is -0.454 e. The third-order valence-electron chi connectivity index (χ3n) is 1.59. The van der Waals surface area contributed by atoms with E-state index in [1.165, 1.54) is 0 Å². The van der Waals surface area contributed by atoms with Gasteiger partial charge in [0, 0.05) is 5.69 Å². The second-order valence-corrected chi connectivity index (χ2v) is 2.85. The highest BCUT2D eigenvalue weighted by molar-refractivity contribution is 5.80. The van der Waals surface area contributed by atoms with Crippen molar-refractivity contribution in [3.8, 4) is 0 Å². The van der Waals surface area contributed by atoms with E-state index in [0.29, 0.717) is 0 Å². The number of amides is 1. The fraction of sp³-hybridized carbons (Fsp3) is 0.200. The summed E-state index contributed by atoms with van der Waals surface area (Å²) < 4.78 is 4.55. The van der Waals surface area contributed by atoms with Gasteiger partial charge in [-0.3, -0.25) is 9.59 Å². The number of anilines is 1. The van der Waals surface area contributed by atoms with Gasteiger partial charge in [0.1, 0.15) is 6.54 Å². The SMILES string of the molecule is NC(=O)COC(=O)CNc1ccccc1. The molecule has 0 atom stereocenters. The number of ether oxygens (including phenoxy) is 1. The highest BCUT2D eigenvalue weighted by Crippen LogP contribution is 2.03. The number of carbonyl (C=O) groups excluding carboxylic acids is 2. The number of rotatable bonds is 5. The summed E-state index contributed by atoms with van der Waals surface area (Å²) in [7, 11) is 0. The zero-order valence-electron chi connectivity index (χ0n) is 8.10. The Morgan fingerprint density at radius 3 is 2.53 bits per heavy atom. The van der Waals surface area contributed by atoms with Crippen molar-refractivity contribution in [2.24, 2.45) is 5.73 Å². The monoisotopic (exact) mass is 208 g/mol. The second kappa shape index (κ2) is 5.64. The molecular formula is C10H12N2O3. The molecule has 0 bridgehead atoms. The summed E-state index contributed by atoms with van der Waals surface area (Å²) in [5.74, 6) is -1.18. The van der Waals surface area contributed by atoms with Crippen LogP contribution in [0, 0.1) is 0 Å². The van der Waals surface area contributed by atoms with Crippen molar-refractivity contribution in [2.75, 3.05) is 18.5 Å². The van der Waals surface area contributed by atoms with Gasteiger partial charge < -0.3 is 15.8 Å². The molecule has 5 heteroatoms. The molecule has 0 fully saturated rings. The van der Waals surface area contributed by atoms with Crippen LogP contribution in [0.3, 0.4) is 0 Å². The molecule has 0 saturated heterocycles. The van der Waals surface area contributed by atoms with Gasteiger partial charge in [0.2, 0.25) is 0 Å². The van der Waals surface area contributed by atoms with Gasteiger partial charge in [-0.25, -0.2) is 0 Å². The Kier molecular flexibility index (Phi) is 4.15. The average molecular weight is 208 g/mol. The molecule has 1 amide bonds. The Morgan fingerprint density at radius 1 is 1.27 bits per heavy atom. The number of nitrogens with one attached hydrogen (secondary N) is 1. The van der Waals surface area contributed by atoms with Crippen LogP contribution in [0.2, 0.25) is 0 Å². The largest absolute Gasteiger partial charge is 0.454 e. The minimum absolute atomic E-state index is 0.0112. The number of hydrogen-bond donors (Lipinski definition) is 2. The normalized spacial score (nSPS) is 9.33. The molecule has 1 rings (SSSR count). The molecule has 1 aromatic rings. The van der Waals surface area contributed by atoms with Gasteiger partial charge >= 0.3 is 5.97 Å². The first-order chi connectivity index (χ1) is 7.18. The summed E-state index contributed by atoms with van der Waals surface area (Å²) in [6.45, 7) is -0.368. The number of primary amides is 1. The van der Waals surface area contributed by atoms with Crippen LogP contribution in [0.1, 0.15) is 0 Å². The zero-order valence-corrected chi connectivity index (χ0v) is 8.10. The predicted molar refractivity (Wildman–Crippen MR) is 55.1 cm³/mol. The summed E-state index contributed by atoms with van der Waals surface area (Å²) in [4.78, 5) is 21.3. The van der Waals surface area contributed by atoms with Crippen molar-refractivity contribution in [1.29, 1.82) is 0 Å². The molecule has 0 aliphatic carbocycles. The molecule has 0 unspecified atom stereocenters. The van der Waals surface area contributed by atoms with Gasteiger partial charge in [-0.15, -0.1) is 0 Å². The molecule has 3 N–H and O–H groups in total. The summed E-state index contributed by atoms with van der Waals surface area (Å²) in [5, 5.41) is 2.84. The van der Waals surface area contributed by atoms with Gasteiger partial charge in [-0.2, -0.15) is 0 Å². The first kappa shape index (κ1) is 11.0. The third kappa shape index (κ3) is 4.66. The molecule has 0 spiro atoms. The standard InChI is InChI=1S/C10H12N2O3/c11-9(13)7-15-10(14)6-12-8-4-2-1-3-5-8/h1-5,12H,6-7H2,(H2,11,13). The summed E-state index contributed by atoms with van der Waals surface area (Å²) in [5.41, 5.74) is 5.62. The lowest BCUT2D eigenvalue weighted by atomic mass is 10.3. The number of benzene rings is 1. The Labute approximate surface area is 87.2 Å². The van der Waals surface area contributed by atoms with E-state index < -0.39 is 11.9 Å². The first-order valence-corrected chi connectivity index (χ1v) is 4.41. The number of carbonyl (C=O) groups is 2. The average Bonchev–Trinajstić information content (AvgIpc) is 2.25. The zero-order chi connectivity index (χ0) is 11.1. The molecule has 0 radical (unpaired) electrons. The lowest BCUT2D eigenvalue weighted by molar-refractivity contribution is -0.145. The van der Waals surface area contributed by atoms with Crippen LogP contribution in [0.5, 0.6) is 0 Å². The molecule has 80 valence electrons. The Morgan fingerprint density at radius 2 is 1.93 bits per heavy atom. The van der Waals surface area contributed by atoms with E-state index in [2.05, 4.69) is 10.1 Å². The highest BCUT2D eigenvalue weighted by Gasteiger charge is 2.03. The van der Waals surface area contributed by atoms with E-state index in [1.54, 1.807) is 0 Å². The Balaban J connectivity index is 2.26. The van der Waals surface area contributed by atoms with Gasteiger partial charge in [0.25, 0.3) is 5.91 Å². The van der Waals surface area contributed by atoms with E-state index in [9.17, 15) is 9.59 Å². The smallest absolute Gasteiger partial charge is 0.325 e. The van der Waals surface area contributed by atoms with Crippen molar-refractivity contribution in [3.63, 3.8) is 0 Å². The van der Waals surface area contributed by atoms with E-state index in [4.69, 9.17) is 5.73 Å². The van der Waals surface area contributed by atoms with Crippen molar-refractivity contribution >= 4 is 17.6 Å². The molecule has 0 aliphatic heterocycles. The fourth-order valence-corrected chi connectivity index (χ4v) is 0.933. The van der Waals surface area contributed by atoms with Gasteiger partial charge in [-0.1, -0.05) is 18.2 Å². The van der Waals surface area contributed by atoms with Crippen LogP contribution in [-0.2, 0) is 14.3 Å². The number of nitrogens with two attached hydrogens (primary N) is 1. The first-order valence-electron chi connectivity index (χ1n) is 4.41. The second-order valence-electron chi connectivity index (χ2n) is 2.85. The lowest BCUT2D eigenvalue weighted by Gasteiger charge is -2.05. The van der Waals surface area contributed by atoms with Gasteiger partial charge in [0.05, 0.1) is 0 Å². The topological polar surface area (TPSA) is 81.4 Å². The molecule has 0 aliphatic rings. The van der Waals surface area contributed by atoms with Crippen LogP contribution >= 0.6 is 0 Å². The van der Waals surface area contributed by atoms with Gasteiger partial charge in [0.15, 0.2) is 6.61 Å². The fourth-order valence-electron chi connectivity index (χ4n) is 0.933. The number of para-hydroxylation sites is 1. The number of esters is 1. The van der Waals surface area contributed by atoms with Crippen molar-refractivity contribution in [3.05, 3.63) is 30.3 Å². The van der Waals surface area contributed by atoms with Crippen LogP contribution in [0.25, 0.3) is 0 Å². The maximum absolute atomic E-state index is 11.0. The predicted octanol–water partition coefficient (Wildman–Crippen LogP) is 0.127. The molecule has 0 aromatic heterocycles. The van der Waals surface area contributed by atoms with Crippen LogP contribution in [0.15, 0.2) is 30.3 Å². The minimum atomic E-state index is -0.664. The van der Waals surface area contributed by atoms with E-state index in [0.717, 1.165) is 5.69 Å². The molecule has 5 nitrogen and oxygen atoms in total. The molecule has 0 saturated carbocycles. The molecule has 15 heavy (non-hydrogen) atoms. The highest BCUT2D eigenvalue weighted by atomic mass is 16.5. The van der Waals surface area contributed by atoms with Gasteiger partial charge in [-0.05, 0) is 12.1 Å². The maximum atomic E-state index is 11.0. The third-order valence-corrected chi connectivity index (χ3v) is 1.59. The Hall–Kier alpha value is -2.04. The summed E-state index contributed by atoms with van der Waals surface area (Å²) >= 11 is 0. The molecule has 1 aromatic carbocycles. The Bertz CT molecular complexity index is 338. The quantitative estimate of drug-likeness (QED) is 0.674. The van der Waals surface area contributed by atoms with Crippen molar-refractivity contribution in [2.45, 2.75) is 0 Å². The number of hydrogen-bond acceptors (Lipinski definition) is 4. The van der Waals surface area contributed by atoms with Crippen molar-refractivity contribution < 1.29 is 14.3 Å². The van der Waals surface area contributed by atoms with E-state index in [-0.39, 0.29) is 13.2 Å². The maximum Gasteiger partial charge on any atom is 0.325 e. The lowest BCUT2D eigenvalue weighted by Crippen LogP contribution is -2.24.